The van der Waals surface area contributed by atoms with Crippen molar-refractivity contribution >= 4 is 16.7 Å². The number of hydrogen-bond acceptors (Lipinski definition) is 3. The van der Waals surface area contributed by atoms with Gasteiger partial charge in [0.25, 0.3) is 0 Å². The third-order valence-electron chi connectivity index (χ3n) is 5.93. The van der Waals surface area contributed by atoms with Crippen LogP contribution in [0.15, 0.2) is 42.5 Å². The number of carbonyl (C=O) groups excluding carboxylic acids is 1. The minimum atomic E-state index is -0.948. The van der Waals surface area contributed by atoms with Crippen LogP contribution >= 0.6 is 0 Å². The number of benzene rings is 2. The van der Waals surface area contributed by atoms with E-state index in [9.17, 15) is 9.90 Å². The summed E-state index contributed by atoms with van der Waals surface area (Å²) >= 11 is 0. The largest absolute Gasteiger partial charge is 0.389 e. The zero-order valence-corrected chi connectivity index (χ0v) is 15.2. The van der Waals surface area contributed by atoms with E-state index in [4.69, 9.17) is 4.74 Å². The molecule has 0 bridgehead atoms. The summed E-state index contributed by atoms with van der Waals surface area (Å²) in [6, 6.07) is 14.4. The quantitative estimate of drug-likeness (QED) is 0.919. The van der Waals surface area contributed by atoms with Crippen molar-refractivity contribution in [3.63, 3.8) is 0 Å². The van der Waals surface area contributed by atoms with Crippen LogP contribution in [0.4, 0.5) is 0 Å². The Kier molecular flexibility index (Phi) is 4.96. The molecule has 1 unspecified atom stereocenters. The topological polar surface area (TPSA) is 49.8 Å². The lowest BCUT2D eigenvalue weighted by atomic mass is 9.72. The highest BCUT2D eigenvalue weighted by molar-refractivity contribution is 5.89. The monoisotopic (exact) mass is 353 g/mol. The molecule has 1 aliphatic carbocycles. The summed E-state index contributed by atoms with van der Waals surface area (Å²) in [5.41, 5.74) is -0.0135. The number of aliphatic hydroxyl groups is 1. The number of amides is 1. The van der Waals surface area contributed by atoms with Crippen LogP contribution in [-0.4, -0.2) is 47.8 Å². The van der Waals surface area contributed by atoms with Crippen molar-refractivity contribution in [2.45, 2.75) is 43.6 Å². The van der Waals surface area contributed by atoms with Crippen molar-refractivity contribution in [2.75, 3.05) is 26.3 Å². The zero-order valence-electron chi connectivity index (χ0n) is 15.2. The zero-order chi connectivity index (χ0) is 18.0. The van der Waals surface area contributed by atoms with Crippen LogP contribution in [0.2, 0.25) is 0 Å². The molecule has 2 aromatic carbocycles. The van der Waals surface area contributed by atoms with E-state index in [0.29, 0.717) is 39.1 Å². The normalized spacial score (nSPS) is 21.5. The number of hydrogen-bond donors (Lipinski definition) is 1. The molecule has 26 heavy (non-hydrogen) atoms. The number of rotatable bonds is 3. The number of fused-ring (bicyclic) bond motifs is 1. The maximum Gasteiger partial charge on any atom is 0.233 e. The van der Waals surface area contributed by atoms with E-state index in [2.05, 4.69) is 24.3 Å². The van der Waals surface area contributed by atoms with Gasteiger partial charge in [-0.3, -0.25) is 4.79 Å². The van der Waals surface area contributed by atoms with Crippen LogP contribution < -0.4 is 0 Å². The Morgan fingerprint density at radius 2 is 1.69 bits per heavy atom. The van der Waals surface area contributed by atoms with E-state index in [0.717, 1.165) is 35.6 Å². The van der Waals surface area contributed by atoms with Gasteiger partial charge >= 0.3 is 0 Å². The summed E-state index contributed by atoms with van der Waals surface area (Å²) in [5, 5.41) is 13.8. The Labute approximate surface area is 154 Å². The van der Waals surface area contributed by atoms with Gasteiger partial charge in [0.05, 0.1) is 24.7 Å². The van der Waals surface area contributed by atoms with Gasteiger partial charge in [-0.1, -0.05) is 61.7 Å². The van der Waals surface area contributed by atoms with Crippen molar-refractivity contribution in [1.29, 1.82) is 0 Å². The molecule has 1 amide bonds. The summed E-state index contributed by atoms with van der Waals surface area (Å²) in [6.45, 7) is 2.38. The maximum absolute atomic E-state index is 13.4. The van der Waals surface area contributed by atoms with Crippen LogP contribution in [0.5, 0.6) is 0 Å². The molecule has 1 heterocycles. The van der Waals surface area contributed by atoms with Gasteiger partial charge in [-0.25, -0.2) is 0 Å². The van der Waals surface area contributed by atoms with Gasteiger partial charge in [0.1, 0.15) is 0 Å². The van der Waals surface area contributed by atoms with Crippen LogP contribution in [0.3, 0.4) is 0 Å². The SMILES string of the molecule is O=C(C(c1ccc2ccccc2c1)C1(O)CCCCC1)N1CCOCC1. The molecule has 138 valence electrons. The molecule has 1 saturated heterocycles. The summed E-state index contributed by atoms with van der Waals surface area (Å²) in [4.78, 5) is 15.3. The average molecular weight is 353 g/mol. The first-order valence-corrected chi connectivity index (χ1v) is 9.75. The molecule has 0 spiro atoms. The molecule has 1 N–H and O–H groups in total. The molecule has 1 aliphatic heterocycles. The lowest BCUT2D eigenvalue weighted by Gasteiger charge is -2.41. The van der Waals surface area contributed by atoms with Crippen molar-refractivity contribution in [2.24, 2.45) is 0 Å². The van der Waals surface area contributed by atoms with Crippen molar-refractivity contribution < 1.29 is 14.6 Å². The van der Waals surface area contributed by atoms with Crippen LogP contribution in [0.1, 0.15) is 43.6 Å². The second kappa shape index (κ2) is 7.37. The summed E-state index contributed by atoms with van der Waals surface area (Å²) < 4.78 is 5.41. The minimum Gasteiger partial charge on any atom is -0.389 e. The van der Waals surface area contributed by atoms with E-state index < -0.39 is 11.5 Å². The molecule has 0 aromatic heterocycles. The van der Waals surface area contributed by atoms with Crippen LogP contribution in [-0.2, 0) is 9.53 Å². The van der Waals surface area contributed by atoms with Gasteiger partial charge in [-0.15, -0.1) is 0 Å². The molecule has 2 aliphatic rings. The Hall–Kier alpha value is -1.91. The highest BCUT2D eigenvalue weighted by Crippen LogP contribution is 2.41. The maximum atomic E-state index is 13.4. The summed E-state index contributed by atoms with van der Waals surface area (Å²) in [7, 11) is 0. The first-order valence-electron chi connectivity index (χ1n) is 9.75. The average Bonchev–Trinajstić information content (AvgIpc) is 2.69. The fourth-order valence-electron chi connectivity index (χ4n) is 4.49. The van der Waals surface area contributed by atoms with Gasteiger partial charge in [0.15, 0.2) is 0 Å². The third kappa shape index (κ3) is 3.36. The number of carbonyl (C=O) groups is 1. The summed E-state index contributed by atoms with van der Waals surface area (Å²) in [5.74, 6) is -0.446. The number of ether oxygens (including phenoxy) is 1. The molecule has 4 nitrogen and oxygen atoms in total. The predicted molar refractivity (Wildman–Crippen MR) is 102 cm³/mol. The highest BCUT2D eigenvalue weighted by Gasteiger charge is 2.44. The van der Waals surface area contributed by atoms with Gasteiger partial charge in [-0.05, 0) is 29.2 Å². The molecule has 2 fully saturated rings. The number of morpholine rings is 1. The second-order valence-corrected chi connectivity index (χ2v) is 7.64. The first-order chi connectivity index (χ1) is 12.7. The van der Waals surface area contributed by atoms with Crippen LogP contribution in [0, 0.1) is 0 Å². The molecule has 4 rings (SSSR count). The van der Waals surface area contributed by atoms with Crippen molar-refractivity contribution in [3.05, 3.63) is 48.0 Å². The fourth-order valence-corrected chi connectivity index (χ4v) is 4.49. The molecule has 4 heteroatoms. The fraction of sp³-hybridized carbons (Fsp3) is 0.500. The third-order valence-corrected chi connectivity index (χ3v) is 5.93. The molecule has 1 saturated carbocycles. The molecule has 1 atom stereocenters. The van der Waals surface area contributed by atoms with Crippen LogP contribution in [0.25, 0.3) is 10.8 Å². The highest BCUT2D eigenvalue weighted by atomic mass is 16.5. The Balaban J connectivity index is 1.74. The second-order valence-electron chi connectivity index (χ2n) is 7.64. The van der Waals surface area contributed by atoms with Gasteiger partial charge in [-0.2, -0.15) is 0 Å². The lowest BCUT2D eigenvalue weighted by molar-refractivity contribution is -0.145. The van der Waals surface area contributed by atoms with E-state index in [1.165, 1.54) is 0 Å². The van der Waals surface area contributed by atoms with E-state index >= 15 is 0 Å². The predicted octanol–water partition coefficient (Wildman–Crippen LogP) is 3.48. The van der Waals surface area contributed by atoms with Crippen molar-refractivity contribution in [1.82, 2.24) is 4.90 Å². The van der Waals surface area contributed by atoms with Gasteiger partial charge in [0.2, 0.25) is 5.91 Å². The molecular weight excluding hydrogens is 326 g/mol. The Bertz CT molecular complexity index is 776. The number of nitrogens with zero attached hydrogens (tertiary/aromatic N) is 1. The van der Waals surface area contributed by atoms with E-state index in [1.54, 1.807) is 0 Å². The lowest BCUT2D eigenvalue weighted by Crippen LogP contribution is -2.50. The van der Waals surface area contributed by atoms with Crippen molar-refractivity contribution in [3.8, 4) is 0 Å². The van der Waals surface area contributed by atoms with Gasteiger partial charge < -0.3 is 14.7 Å². The Morgan fingerprint density at radius 3 is 2.42 bits per heavy atom. The smallest absolute Gasteiger partial charge is 0.233 e. The summed E-state index contributed by atoms with van der Waals surface area (Å²) in [6.07, 6.45) is 4.49. The molecule has 0 radical (unpaired) electrons. The Morgan fingerprint density at radius 1 is 1.00 bits per heavy atom. The minimum absolute atomic E-state index is 0.0491. The standard InChI is InChI=1S/C22H27NO3/c24-21(23-12-14-26-15-13-23)20(22(25)10-4-1-5-11-22)19-9-8-17-6-2-3-7-18(17)16-19/h2-3,6-9,16,20,25H,1,4-5,10-15H2. The molecular formula is C22H27NO3. The van der Waals surface area contributed by atoms with E-state index in [1.807, 2.05) is 23.1 Å². The van der Waals surface area contributed by atoms with E-state index in [-0.39, 0.29) is 5.91 Å². The van der Waals surface area contributed by atoms with Gasteiger partial charge in [0, 0.05) is 13.1 Å². The first kappa shape index (κ1) is 17.5. The molecule has 2 aromatic rings.